The molecule has 2 aromatic heterocycles. The van der Waals surface area contributed by atoms with E-state index in [0.29, 0.717) is 6.42 Å². The quantitative estimate of drug-likeness (QED) is 0.434. The molecule has 160 valence electrons. The Hall–Kier alpha value is -2.83. The lowest BCUT2D eigenvalue weighted by Crippen LogP contribution is -2.37. The fraction of sp³-hybridized carbons (Fsp3) is 0.280. The van der Waals surface area contributed by atoms with Crippen LogP contribution in [0.1, 0.15) is 43.6 Å². The molecule has 0 amide bonds. The zero-order valence-corrected chi connectivity index (χ0v) is 19.1. The number of aryl methyl sites for hydroxylation is 1. The summed E-state index contributed by atoms with van der Waals surface area (Å²) in [7, 11) is -1.25. The lowest BCUT2D eigenvalue weighted by molar-refractivity contribution is 0.459. The van der Waals surface area contributed by atoms with Crippen LogP contribution in [0.25, 0.3) is 22.2 Å². The smallest absolute Gasteiger partial charge is 0.167 e. The Morgan fingerprint density at radius 3 is 2.55 bits per heavy atom. The van der Waals surface area contributed by atoms with Crippen molar-refractivity contribution in [1.29, 1.82) is 0 Å². The second kappa shape index (κ2) is 8.73. The number of nitrogens with one attached hydrogen (secondary N) is 1. The van der Waals surface area contributed by atoms with E-state index >= 15 is 0 Å². The number of aromatic nitrogens is 2. The summed E-state index contributed by atoms with van der Waals surface area (Å²) in [5.74, 6) is 0. The summed E-state index contributed by atoms with van der Waals surface area (Å²) in [5.41, 5.74) is 5.62. The van der Waals surface area contributed by atoms with Crippen LogP contribution in [0.3, 0.4) is 0 Å². The molecule has 0 spiro atoms. The van der Waals surface area contributed by atoms with Crippen LogP contribution in [0, 0.1) is 6.92 Å². The Balaban J connectivity index is 1.85. The van der Waals surface area contributed by atoms with Crippen LogP contribution in [-0.2, 0) is 17.4 Å². The molecule has 0 aliphatic heterocycles. The number of rotatable bonds is 6. The molecule has 0 saturated heterocycles. The topological polar surface area (TPSA) is 68.0 Å². The van der Waals surface area contributed by atoms with Crippen molar-refractivity contribution in [1.82, 2.24) is 14.9 Å². The van der Waals surface area contributed by atoms with Gasteiger partial charge in [0, 0.05) is 29.3 Å². The van der Waals surface area contributed by atoms with Crippen LogP contribution in [0.15, 0.2) is 71.4 Å². The molecule has 0 radical (unpaired) electrons. The maximum absolute atomic E-state index is 13.1. The number of para-hydroxylation sites is 1. The lowest BCUT2D eigenvalue weighted by Gasteiger charge is -2.27. The molecular weight excluding hydrogens is 406 g/mol. The normalized spacial score (nSPS) is 13.9. The van der Waals surface area contributed by atoms with E-state index in [9.17, 15) is 4.21 Å². The van der Waals surface area contributed by atoms with E-state index in [1.165, 1.54) is 0 Å². The standard InChI is InChI=1S/C25H27N3O2S/c1-17-10-9-13-20(24-19-12-5-6-14-22(19)30-27-24)23(17)21(28-31(29)25(2,3)4)16-18-11-7-8-15-26-18/h5-15,21,28H,16H2,1-4H3/t21-,31-/m0/s1. The maximum Gasteiger partial charge on any atom is 0.167 e. The first kappa shape index (κ1) is 21.4. The van der Waals surface area contributed by atoms with Gasteiger partial charge in [-0.2, -0.15) is 0 Å². The van der Waals surface area contributed by atoms with Gasteiger partial charge in [0.1, 0.15) is 5.69 Å². The van der Waals surface area contributed by atoms with Gasteiger partial charge in [0.15, 0.2) is 5.58 Å². The Kier molecular flexibility index (Phi) is 6.03. The number of fused-ring (bicyclic) bond motifs is 1. The molecule has 4 aromatic rings. The van der Waals surface area contributed by atoms with Gasteiger partial charge in [0.2, 0.25) is 0 Å². The van der Waals surface area contributed by atoms with Gasteiger partial charge in [0.25, 0.3) is 0 Å². The minimum absolute atomic E-state index is 0.207. The summed E-state index contributed by atoms with van der Waals surface area (Å²) in [6, 6.07) is 19.7. The zero-order valence-electron chi connectivity index (χ0n) is 18.3. The average Bonchev–Trinajstić information content (AvgIpc) is 3.17. The molecule has 0 bridgehead atoms. The minimum Gasteiger partial charge on any atom is -0.356 e. The Morgan fingerprint density at radius 2 is 1.81 bits per heavy atom. The molecule has 0 saturated carbocycles. The van der Waals surface area contributed by atoms with Crippen LogP contribution in [0.4, 0.5) is 0 Å². The Labute approximate surface area is 185 Å². The van der Waals surface area contributed by atoms with E-state index < -0.39 is 15.7 Å². The van der Waals surface area contributed by atoms with Crippen molar-refractivity contribution >= 4 is 22.0 Å². The van der Waals surface area contributed by atoms with Gasteiger partial charge in [-0.15, -0.1) is 0 Å². The van der Waals surface area contributed by atoms with Gasteiger partial charge < -0.3 is 4.52 Å². The van der Waals surface area contributed by atoms with Crippen molar-refractivity contribution in [2.75, 3.05) is 0 Å². The fourth-order valence-electron chi connectivity index (χ4n) is 3.67. The third-order valence-corrected chi connectivity index (χ3v) is 6.86. The minimum atomic E-state index is -1.25. The summed E-state index contributed by atoms with van der Waals surface area (Å²) in [4.78, 5) is 4.51. The van der Waals surface area contributed by atoms with Crippen molar-refractivity contribution < 1.29 is 8.73 Å². The van der Waals surface area contributed by atoms with Crippen molar-refractivity contribution in [3.8, 4) is 11.3 Å². The highest BCUT2D eigenvalue weighted by atomic mass is 32.2. The van der Waals surface area contributed by atoms with Gasteiger partial charge in [-0.05, 0) is 63.1 Å². The van der Waals surface area contributed by atoms with Crippen molar-refractivity contribution in [3.05, 3.63) is 83.7 Å². The number of hydrogen-bond donors (Lipinski definition) is 1. The number of hydrogen-bond acceptors (Lipinski definition) is 4. The first-order valence-corrected chi connectivity index (χ1v) is 11.5. The summed E-state index contributed by atoms with van der Waals surface area (Å²) < 4.78 is 21.7. The van der Waals surface area contributed by atoms with Crippen LogP contribution < -0.4 is 4.72 Å². The van der Waals surface area contributed by atoms with Gasteiger partial charge in [-0.3, -0.25) is 4.98 Å². The molecule has 2 atom stereocenters. The molecule has 0 unspecified atom stereocenters. The zero-order chi connectivity index (χ0) is 22.0. The van der Waals surface area contributed by atoms with Crippen LogP contribution in [0.5, 0.6) is 0 Å². The SMILES string of the molecule is Cc1cccc(-c2noc3ccccc23)c1[C@H](Cc1ccccn1)N[S@@](=O)C(C)(C)C. The molecule has 4 rings (SSSR count). The molecule has 1 N–H and O–H groups in total. The van der Waals surface area contributed by atoms with Crippen molar-refractivity contribution in [2.45, 2.75) is 44.9 Å². The van der Waals surface area contributed by atoms with Crippen molar-refractivity contribution in [2.24, 2.45) is 0 Å². The van der Waals surface area contributed by atoms with Crippen LogP contribution >= 0.6 is 0 Å². The maximum atomic E-state index is 13.1. The third kappa shape index (κ3) is 4.60. The predicted molar refractivity (Wildman–Crippen MR) is 126 cm³/mol. The second-order valence-electron chi connectivity index (χ2n) is 8.64. The number of benzene rings is 2. The Bertz CT molecular complexity index is 1210. The van der Waals surface area contributed by atoms with Gasteiger partial charge in [-0.25, -0.2) is 8.93 Å². The highest BCUT2D eigenvalue weighted by Crippen LogP contribution is 2.36. The fourth-order valence-corrected chi connectivity index (χ4v) is 4.48. The first-order chi connectivity index (χ1) is 14.8. The number of nitrogens with zero attached hydrogens (tertiary/aromatic N) is 2. The molecule has 0 fully saturated rings. The lowest BCUT2D eigenvalue weighted by atomic mass is 9.90. The van der Waals surface area contributed by atoms with Crippen LogP contribution in [-0.4, -0.2) is 19.1 Å². The van der Waals surface area contributed by atoms with E-state index in [2.05, 4.69) is 33.9 Å². The van der Waals surface area contributed by atoms with E-state index in [0.717, 1.165) is 39.0 Å². The largest absolute Gasteiger partial charge is 0.356 e. The molecule has 5 nitrogen and oxygen atoms in total. The first-order valence-electron chi connectivity index (χ1n) is 10.4. The van der Waals surface area contributed by atoms with Crippen molar-refractivity contribution in [3.63, 3.8) is 0 Å². The van der Waals surface area contributed by atoms with Gasteiger partial charge in [-0.1, -0.05) is 41.6 Å². The van der Waals surface area contributed by atoms with E-state index in [-0.39, 0.29) is 6.04 Å². The Morgan fingerprint density at radius 1 is 1.03 bits per heavy atom. The molecule has 0 aliphatic carbocycles. The molecule has 31 heavy (non-hydrogen) atoms. The van der Waals surface area contributed by atoms with Gasteiger partial charge >= 0.3 is 0 Å². The van der Waals surface area contributed by atoms with Gasteiger partial charge in [0.05, 0.1) is 21.8 Å². The molecular formula is C25H27N3O2S. The van der Waals surface area contributed by atoms with E-state index in [1.807, 2.05) is 69.3 Å². The third-order valence-electron chi connectivity index (χ3n) is 5.25. The number of pyridine rings is 1. The summed E-state index contributed by atoms with van der Waals surface area (Å²) in [5, 5.41) is 5.35. The predicted octanol–water partition coefficient (Wildman–Crippen LogP) is 5.53. The van der Waals surface area contributed by atoms with Crippen LogP contribution in [0.2, 0.25) is 0 Å². The highest BCUT2D eigenvalue weighted by molar-refractivity contribution is 7.84. The summed E-state index contributed by atoms with van der Waals surface area (Å²) >= 11 is 0. The highest BCUT2D eigenvalue weighted by Gasteiger charge is 2.28. The molecule has 6 heteroatoms. The summed E-state index contributed by atoms with van der Waals surface area (Å²) in [6.45, 7) is 7.99. The molecule has 2 heterocycles. The molecule has 0 aliphatic rings. The summed E-state index contributed by atoms with van der Waals surface area (Å²) in [6.07, 6.45) is 2.40. The molecule has 2 aromatic carbocycles. The monoisotopic (exact) mass is 433 g/mol. The average molecular weight is 434 g/mol. The van der Waals surface area contributed by atoms with E-state index in [4.69, 9.17) is 4.52 Å². The second-order valence-corrected chi connectivity index (χ2v) is 10.6. The van der Waals surface area contributed by atoms with E-state index in [1.54, 1.807) is 6.20 Å².